The highest BCUT2D eigenvalue weighted by molar-refractivity contribution is 6.42. The quantitative estimate of drug-likeness (QED) is 0.773. The molecule has 2 amide bonds. The zero-order valence-electron chi connectivity index (χ0n) is 11.2. The first-order valence-electron chi connectivity index (χ1n) is 5.95. The van der Waals surface area contributed by atoms with Crippen molar-refractivity contribution in [1.82, 2.24) is 5.32 Å². The lowest BCUT2D eigenvalue weighted by molar-refractivity contribution is -0.137. The molecule has 0 saturated heterocycles. The highest BCUT2D eigenvalue weighted by Crippen LogP contribution is 2.25. The summed E-state index contributed by atoms with van der Waals surface area (Å²) < 4.78 is 0. The molecule has 0 saturated carbocycles. The minimum absolute atomic E-state index is 0.0138. The van der Waals surface area contributed by atoms with Crippen LogP contribution >= 0.6 is 23.2 Å². The molecule has 3 N–H and O–H groups in total. The van der Waals surface area contributed by atoms with Crippen molar-refractivity contribution >= 4 is 40.9 Å². The second-order valence-electron chi connectivity index (χ2n) is 4.99. The van der Waals surface area contributed by atoms with Crippen molar-refractivity contribution in [3.8, 4) is 0 Å². The molecule has 1 aromatic rings. The summed E-state index contributed by atoms with van der Waals surface area (Å²) in [6.45, 7) is 3.51. The molecule has 5 nitrogen and oxygen atoms in total. The van der Waals surface area contributed by atoms with Gasteiger partial charge in [-0.2, -0.15) is 0 Å². The summed E-state index contributed by atoms with van der Waals surface area (Å²) >= 11 is 11.6. The molecule has 0 aliphatic carbocycles. The summed E-state index contributed by atoms with van der Waals surface area (Å²) in [5.41, 5.74) is -0.121. The molecule has 1 aromatic carbocycles. The third kappa shape index (κ3) is 5.67. The minimum Gasteiger partial charge on any atom is -0.481 e. The minimum atomic E-state index is -0.898. The number of rotatable bonds is 5. The van der Waals surface area contributed by atoms with E-state index in [2.05, 4.69) is 10.6 Å². The molecule has 0 bridgehead atoms. The number of hydrogen-bond acceptors (Lipinski definition) is 2. The topological polar surface area (TPSA) is 78.4 Å². The number of amides is 2. The monoisotopic (exact) mass is 318 g/mol. The largest absolute Gasteiger partial charge is 0.481 e. The van der Waals surface area contributed by atoms with Gasteiger partial charge in [0.25, 0.3) is 0 Å². The summed E-state index contributed by atoms with van der Waals surface area (Å²) in [6, 6.07) is 4.31. The Morgan fingerprint density at radius 3 is 2.45 bits per heavy atom. The Bertz CT molecular complexity index is 518. The molecular weight excluding hydrogens is 303 g/mol. The number of anilines is 1. The average molecular weight is 319 g/mol. The van der Waals surface area contributed by atoms with Crippen LogP contribution in [0.4, 0.5) is 10.5 Å². The fourth-order valence-corrected chi connectivity index (χ4v) is 1.82. The molecule has 0 fully saturated rings. The molecule has 0 heterocycles. The summed E-state index contributed by atoms with van der Waals surface area (Å²) in [5, 5.41) is 14.7. The van der Waals surface area contributed by atoms with E-state index >= 15 is 0 Å². The molecule has 1 rings (SSSR count). The SMILES string of the molecule is CC(C)(CCC(=O)O)NC(=O)Nc1ccc(Cl)c(Cl)c1. The zero-order chi connectivity index (χ0) is 15.3. The Labute approximate surface area is 127 Å². The van der Waals surface area contributed by atoms with Crippen LogP contribution in [0.25, 0.3) is 0 Å². The molecule has 0 aliphatic rings. The Morgan fingerprint density at radius 1 is 1.25 bits per heavy atom. The first kappa shape index (κ1) is 16.6. The van der Waals surface area contributed by atoms with Crippen LogP contribution in [-0.2, 0) is 4.79 Å². The first-order valence-corrected chi connectivity index (χ1v) is 6.71. The van der Waals surface area contributed by atoms with E-state index in [4.69, 9.17) is 28.3 Å². The summed E-state index contributed by atoms with van der Waals surface area (Å²) in [6.07, 6.45) is 0.317. The fraction of sp³-hybridized carbons (Fsp3) is 0.385. The van der Waals surface area contributed by atoms with Crippen LogP contribution in [0.5, 0.6) is 0 Å². The lowest BCUT2D eigenvalue weighted by Gasteiger charge is -2.25. The van der Waals surface area contributed by atoms with Crippen molar-refractivity contribution in [2.45, 2.75) is 32.2 Å². The number of nitrogens with one attached hydrogen (secondary N) is 2. The van der Waals surface area contributed by atoms with Crippen molar-refractivity contribution in [3.63, 3.8) is 0 Å². The Balaban J connectivity index is 2.58. The molecule has 0 spiro atoms. The number of carboxylic acid groups (broad SMARTS) is 1. The number of carbonyl (C=O) groups excluding carboxylic acids is 1. The van der Waals surface area contributed by atoms with Gasteiger partial charge in [0.05, 0.1) is 10.0 Å². The number of halogens is 2. The molecule has 0 aromatic heterocycles. The van der Waals surface area contributed by atoms with Gasteiger partial charge in [-0.25, -0.2) is 4.79 Å². The summed E-state index contributed by atoms with van der Waals surface area (Å²) in [4.78, 5) is 22.4. The van der Waals surface area contributed by atoms with Gasteiger partial charge in [-0.3, -0.25) is 4.79 Å². The predicted molar refractivity (Wildman–Crippen MR) is 79.6 cm³/mol. The number of aliphatic carboxylic acids is 1. The van der Waals surface area contributed by atoms with Gasteiger partial charge >= 0.3 is 12.0 Å². The number of carboxylic acids is 1. The lowest BCUT2D eigenvalue weighted by atomic mass is 9.99. The van der Waals surface area contributed by atoms with E-state index < -0.39 is 17.5 Å². The van der Waals surface area contributed by atoms with Crippen LogP contribution in [0.1, 0.15) is 26.7 Å². The standard InChI is InChI=1S/C13H16Cl2N2O3/c1-13(2,6-5-11(18)19)17-12(20)16-8-3-4-9(14)10(15)7-8/h3-4,7H,5-6H2,1-2H3,(H,18,19)(H2,16,17,20). The summed E-state index contributed by atoms with van der Waals surface area (Å²) in [5.74, 6) is -0.898. The van der Waals surface area contributed by atoms with Gasteiger partial charge in [-0.1, -0.05) is 23.2 Å². The van der Waals surface area contributed by atoms with Crippen molar-refractivity contribution < 1.29 is 14.7 Å². The van der Waals surface area contributed by atoms with E-state index in [1.165, 1.54) is 6.07 Å². The molecule has 110 valence electrons. The second-order valence-corrected chi connectivity index (χ2v) is 5.80. The van der Waals surface area contributed by atoms with E-state index in [1.54, 1.807) is 26.0 Å². The molecule has 0 atom stereocenters. The molecule has 20 heavy (non-hydrogen) atoms. The number of carbonyl (C=O) groups is 2. The second kappa shape index (κ2) is 6.81. The van der Waals surface area contributed by atoms with E-state index in [1.807, 2.05) is 0 Å². The van der Waals surface area contributed by atoms with Gasteiger partial charge in [-0.05, 0) is 38.5 Å². The third-order valence-corrected chi connectivity index (χ3v) is 3.33. The Kier molecular flexibility index (Phi) is 5.65. The zero-order valence-corrected chi connectivity index (χ0v) is 12.7. The van der Waals surface area contributed by atoms with Crippen LogP contribution in [0, 0.1) is 0 Å². The first-order chi connectivity index (χ1) is 9.19. The third-order valence-electron chi connectivity index (χ3n) is 2.59. The van der Waals surface area contributed by atoms with Crippen molar-refractivity contribution in [1.29, 1.82) is 0 Å². The van der Waals surface area contributed by atoms with Gasteiger partial charge in [0.2, 0.25) is 0 Å². The maximum Gasteiger partial charge on any atom is 0.319 e. The van der Waals surface area contributed by atoms with Crippen LogP contribution in [0.2, 0.25) is 10.0 Å². The van der Waals surface area contributed by atoms with Crippen LogP contribution in [0.15, 0.2) is 18.2 Å². The predicted octanol–water partition coefficient (Wildman–Crippen LogP) is 3.76. The van der Waals surface area contributed by atoms with Crippen LogP contribution in [-0.4, -0.2) is 22.6 Å². The Morgan fingerprint density at radius 2 is 1.90 bits per heavy atom. The molecule has 0 unspecified atom stereocenters. The van der Waals surface area contributed by atoms with E-state index in [-0.39, 0.29) is 6.42 Å². The van der Waals surface area contributed by atoms with Gasteiger partial charge < -0.3 is 15.7 Å². The number of urea groups is 1. The number of benzene rings is 1. The van der Waals surface area contributed by atoms with Gasteiger partial charge in [0.1, 0.15) is 0 Å². The molecular formula is C13H16Cl2N2O3. The van der Waals surface area contributed by atoms with Gasteiger partial charge in [-0.15, -0.1) is 0 Å². The average Bonchev–Trinajstić information content (AvgIpc) is 2.31. The van der Waals surface area contributed by atoms with Crippen molar-refractivity contribution in [2.24, 2.45) is 0 Å². The molecule has 7 heteroatoms. The van der Waals surface area contributed by atoms with E-state index in [0.717, 1.165) is 0 Å². The molecule has 0 radical (unpaired) electrons. The maximum atomic E-state index is 11.8. The number of hydrogen-bond donors (Lipinski definition) is 3. The highest BCUT2D eigenvalue weighted by atomic mass is 35.5. The van der Waals surface area contributed by atoms with Crippen molar-refractivity contribution in [3.05, 3.63) is 28.2 Å². The van der Waals surface area contributed by atoms with E-state index in [9.17, 15) is 9.59 Å². The van der Waals surface area contributed by atoms with Crippen LogP contribution < -0.4 is 10.6 Å². The van der Waals surface area contributed by atoms with Gasteiger partial charge in [0, 0.05) is 17.6 Å². The normalized spacial score (nSPS) is 11.0. The smallest absolute Gasteiger partial charge is 0.319 e. The van der Waals surface area contributed by atoms with E-state index in [0.29, 0.717) is 22.2 Å². The van der Waals surface area contributed by atoms with Crippen LogP contribution in [0.3, 0.4) is 0 Å². The highest BCUT2D eigenvalue weighted by Gasteiger charge is 2.21. The summed E-state index contributed by atoms with van der Waals surface area (Å²) in [7, 11) is 0. The Hall–Kier alpha value is -1.46. The van der Waals surface area contributed by atoms with Crippen molar-refractivity contribution in [2.75, 3.05) is 5.32 Å². The van der Waals surface area contributed by atoms with Gasteiger partial charge in [0.15, 0.2) is 0 Å². The lowest BCUT2D eigenvalue weighted by Crippen LogP contribution is -2.45. The maximum absolute atomic E-state index is 11.8. The fourth-order valence-electron chi connectivity index (χ4n) is 1.53. The molecule has 0 aliphatic heterocycles.